The van der Waals surface area contributed by atoms with Crippen molar-refractivity contribution in [3.63, 3.8) is 0 Å². The lowest BCUT2D eigenvalue weighted by molar-refractivity contribution is 0.0600. The topological polar surface area (TPSA) is 92.7 Å². The molecule has 0 aromatic heterocycles. The number of aryl methyl sites for hydroxylation is 1. The molecule has 0 bridgehead atoms. The number of sulfonamides is 1. The number of nitrogens with one attached hydrogen (secondary N) is 1. The number of aliphatic hydroxyl groups excluding tert-OH is 1. The van der Waals surface area contributed by atoms with Crippen LogP contribution in [0.4, 0.5) is 10.1 Å². The fourth-order valence-corrected chi connectivity index (χ4v) is 4.47. The van der Waals surface area contributed by atoms with Crippen molar-refractivity contribution in [2.75, 3.05) is 11.8 Å². The highest BCUT2D eigenvalue weighted by molar-refractivity contribution is 7.93. The Morgan fingerprint density at radius 2 is 2.00 bits per heavy atom. The second kappa shape index (κ2) is 6.84. The van der Waals surface area contributed by atoms with Gasteiger partial charge in [0.15, 0.2) is 0 Å². The third-order valence-electron chi connectivity index (χ3n) is 4.06. The summed E-state index contributed by atoms with van der Waals surface area (Å²) in [6.07, 6.45) is 1.08. The number of carbonyl (C=O) groups excluding carboxylic acids is 1. The second-order valence-electron chi connectivity index (χ2n) is 5.64. The van der Waals surface area contributed by atoms with Crippen molar-refractivity contribution < 1.29 is 27.4 Å². The summed E-state index contributed by atoms with van der Waals surface area (Å²) >= 11 is 0. The Labute approximate surface area is 134 Å². The van der Waals surface area contributed by atoms with Gasteiger partial charge in [0.1, 0.15) is 11.1 Å². The first-order chi connectivity index (χ1) is 10.8. The summed E-state index contributed by atoms with van der Waals surface area (Å²) in [6, 6.07) is 2.45. The molecule has 2 atom stereocenters. The molecule has 0 amide bonds. The number of benzene rings is 1. The number of hydrogen-bond donors (Lipinski definition) is 2. The van der Waals surface area contributed by atoms with Crippen LogP contribution >= 0.6 is 0 Å². The molecule has 0 saturated heterocycles. The van der Waals surface area contributed by atoms with E-state index in [0.29, 0.717) is 18.4 Å². The van der Waals surface area contributed by atoms with E-state index in [1.807, 2.05) is 0 Å². The Morgan fingerprint density at radius 1 is 1.35 bits per heavy atom. The smallest absolute Gasteiger partial charge is 0.340 e. The van der Waals surface area contributed by atoms with Gasteiger partial charge in [0.2, 0.25) is 10.0 Å². The summed E-state index contributed by atoms with van der Waals surface area (Å²) in [5.41, 5.74) is -0.212. The number of rotatable bonds is 4. The van der Waals surface area contributed by atoms with E-state index in [4.69, 9.17) is 0 Å². The first-order valence-electron chi connectivity index (χ1n) is 7.35. The minimum atomic E-state index is -4.04. The Bertz CT molecular complexity index is 704. The lowest BCUT2D eigenvalue weighted by Crippen LogP contribution is -2.40. The number of carbonyl (C=O) groups is 1. The summed E-state index contributed by atoms with van der Waals surface area (Å²) in [5, 5.41) is 8.90. The first-order valence-corrected chi connectivity index (χ1v) is 8.89. The monoisotopic (exact) mass is 345 g/mol. The average molecular weight is 345 g/mol. The molecule has 0 radical (unpaired) electrons. The third kappa shape index (κ3) is 3.64. The lowest BCUT2D eigenvalue weighted by atomic mass is 9.97. The van der Waals surface area contributed by atoms with Crippen LogP contribution in [-0.4, -0.2) is 38.0 Å². The number of esters is 1. The molecule has 1 aromatic rings. The first kappa shape index (κ1) is 17.7. The highest BCUT2D eigenvalue weighted by atomic mass is 32.2. The molecule has 1 fully saturated rings. The molecule has 2 N–H and O–H groups in total. The zero-order valence-electron chi connectivity index (χ0n) is 13.0. The number of halogens is 1. The molecule has 128 valence electrons. The third-order valence-corrected chi connectivity index (χ3v) is 5.90. The maximum atomic E-state index is 14.1. The Balaban J connectivity index is 2.43. The van der Waals surface area contributed by atoms with Crippen LogP contribution in [0.1, 0.15) is 41.6 Å². The molecule has 8 heteroatoms. The molecule has 0 aliphatic heterocycles. The van der Waals surface area contributed by atoms with Crippen LogP contribution in [0.15, 0.2) is 12.1 Å². The quantitative estimate of drug-likeness (QED) is 0.814. The van der Waals surface area contributed by atoms with E-state index in [0.717, 1.165) is 19.6 Å². The van der Waals surface area contributed by atoms with Gasteiger partial charge in [-0.2, -0.15) is 0 Å². The van der Waals surface area contributed by atoms with Crippen molar-refractivity contribution in [1.82, 2.24) is 0 Å². The van der Waals surface area contributed by atoms with Crippen LogP contribution in [0.25, 0.3) is 0 Å². The molecule has 1 aliphatic rings. The van der Waals surface area contributed by atoms with Crippen molar-refractivity contribution in [3.8, 4) is 0 Å². The second-order valence-corrected chi connectivity index (χ2v) is 7.54. The molecular weight excluding hydrogens is 325 g/mol. The van der Waals surface area contributed by atoms with Gasteiger partial charge in [0.25, 0.3) is 0 Å². The Hall–Kier alpha value is -1.67. The molecule has 23 heavy (non-hydrogen) atoms. The number of methoxy groups -OCH3 is 1. The van der Waals surface area contributed by atoms with Gasteiger partial charge in [-0.3, -0.25) is 4.72 Å². The fourth-order valence-electron chi connectivity index (χ4n) is 2.80. The number of anilines is 1. The van der Waals surface area contributed by atoms with Crippen LogP contribution in [0, 0.1) is 12.7 Å². The van der Waals surface area contributed by atoms with E-state index in [2.05, 4.69) is 9.46 Å². The maximum absolute atomic E-state index is 14.1. The highest BCUT2D eigenvalue weighted by Gasteiger charge is 2.36. The summed E-state index contributed by atoms with van der Waals surface area (Å²) in [7, 11) is -2.90. The predicted octanol–water partition coefficient (Wildman–Crippen LogP) is 1.97. The number of ether oxygens (including phenoxy) is 1. The normalized spacial score (nSPS) is 21.7. The largest absolute Gasteiger partial charge is 0.465 e. The summed E-state index contributed by atoms with van der Waals surface area (Å²) in [6.45, 7) is 1.55. The van der Waals surface area contributed by atoms with Gasteiger partial charge < -0.3 is 9.84 Å². The molecule has 2 rings (SSSR count). The van der Waals surface area contributed by atoms with Crippen molar-refractivity contribution >= 4 is 21.7 Å². The van der Waals surface area contributed by atoms with E-state index >= 15 is 0 Å². The lowest BCUT2D eigenvalue weighted by Gasteiger charge is -2.28. The van der Waals surface area contributed by atoms with Crippen molar-refractivity contribution in [1.29, 1.82) is 0 Å². The van der Waals surface area contributed by atoms with Crippen LogP contribution < -0.4 is 4.72 Å². The van der Waals surface area contributed by atoms with Crippen molar-refractivity contribution in [3.05, 3.63) is 29.1 Å². The predicted molar refractivity (Wildman–Crippen MR) is 83.3 cm³/mol. The molecule has 1 saturated carbocycles. The fraction of sp³-hybridized carbons (Fsp3) is 0.533. The minimum Gasteiger partial charge on any atom is -0.465 e. The van der Waals surface area contributed by atoms with E-state index in [1.165, 1.54) is 6.07 Å². The van der Waals surface area contributed by atoms with E-state index < -0.39 is 38.9 Å². The van der Waals surface area contributed by atoms with Gasteiger partial charge in [-0.15, -0.1) is 0 Å². The van der Waals surface area contributed by atoms with Crippen molar-refractivity contribution in [2.45, 2.75) is 44.0 Å². The van der Waals surface area contributed by atoms with Crippen LogP contribution in [-0.2, 0) is 14.8 Å². The summed E-state index contributed by atoms with van der Waals surface area (Å²) in [5.74, 6) is -1.70. The Morgan fingerprint density at radius 3 is 2.61 bits per heavy atom. The molecule has 2 unspecified atom stereocenters. The van der Waals surface area contributed by atoms with Gasteiger partial charge in [0, 0.05) is 0 Å². The van der Waals surface area contributed by atoms with Gasteiger partial charge in [-0.25, -0.2) is 17.6 Å². The van der Waals surface area contributed by atoms with Crippen LogP contribution in [0.2, 0.25) is 0 Å². The standard InChI is InChI=1S/C15H20FNO5S/c1-9-7-8-10(16)14(13(9)15(19)22-2)17-23(20,21)12-6-4-3-5-11(12)18/h7-8,11-12,17-18H,3-6H2,1-2H3. The summed E-state index contributed by atoms with van der Waals surface area (Å²) in [4.78, 5) is 11.9. The molecule has 0 heterocycles. The summed E-state index contributed by atoms with van der Waals surface area (Å²) < 4.78 is 45.9. The zero-order chi connectivity index (χ0) is 17.2. The molecule has 0 spiro atoms. The van der Waals surface area contributed by atoms with E-state index in [-0.39, 0.29) is 12.0 Å². The van der Waals surface area contributed by atoms with Crippen LogP contribution in [0.5, 0.6) is 0 Å². The van der Waals surface area contributed by atoms with Crippen LogP contribution in [0.3, 0.4) is 0 Å². The SMILES string of the molecule is COC(=O)c1c(C)ccc(F)c1NS(=O)(=O)C1CCCCC1O. The molecule has 1 aromatic carbocycles. The molecular formula is C15H20FNO5S. The average Bonchev–Trinajstić information content (AvgIpc) is 2.50. The van der Waals surface area contributed by atoms with Gasteiger partial charge in [-0.05, 0) is 31.4 Å². The minimum absolute atomic E-state index is 0.165. The highest BCUT2D eigenvalue weighted by Crippen LogP contribution is 2.30. The number of aliphatic hydroxyl groups is 1. The zero-order valence-corrected chi connectivity index (χ0v) is 13.8. The van der Waals surface area contributed by atoms with E-state index in [9.17, 15) is 22.7 Å². The van der Waals surface area contributed by atoms with Gasteiger partial charge in [0.05, 0.1) is 24.5 Å². The van der Waals surface area contributed by atoms with Gasteiger partial charge >= 0.3 is 5.97 Å². The van der Waals surface area contributed by atoms with Crippen molar-refractivity contribution in [2.24, 2.45) is 0 Å². The van der Waals surface area contributed by atoms with Gasteiger partial charge in [-0.1, -0.05) is 18.9 Å². The number of hydrogen-bond acceptors (Lipinski definition) is 5. The maximum Gasteiger partial charge on any atom is 0.340 e. The Kier molecular flexibility index (Phi) is 5.26. The van der Waals surface area contributed by atoms with E-state index in [1.54, 1.807) is 6.92 Å². The molecule has 6 nitrogen and oxygen atoms in total. The molecule has 1 aliphatic carbocycles.